The van der Waals surface area contributed by atoms with Crippen LogP contribution in [0, 0.1) is 0 Å². The maximum absolute atomic E-state index is 3.78. The molecule has 0 saturated carbocycles. The van der Waals surface area contributed by atoms with Crippen molar-refractivity contribution in [2.45, 2.75) is 83.3 Å². The molecule has 1 aliphatic rings. The molecule has 1 aliphatic carbocycles. The van der Waals surface area contributed by atoms with Crippen LogP contribution in [0.3, 0.4) is 0 Å². The molecule has 0 spiro atoms. The van der Waals surface area contributed by atoms with Crippen molar-refractivity contribution in [1.29, 1.82) is 0 Å². The van der Waals surface area contributed by atoms with Crippen molar-refractivity contribution in [3.63, 3.8) is 0 Å². The van der Waals surface area contributed by atoms with E-state index in [4.69, 9.17) is 0 Å². The van der Waals surface area contributed by atoms with Gasteiger partial charge in [0, 0.05) is 42.2 Å². The van der Waals surface area contributed by atoms with Crippen molar-refractivity contribution in [1.82, 2.24) is 10.6 Å². The molecule has 4 nitrogen and oxygen atoms in total. The molecule has 4 N–H and O–H groups in total. The van der Waals surface area contributed by atoms with E-state index in [0.717, 1.165) is 38.3 Å². The summed E-state index contributed by atoms with van der Waals surface area (Å²) in [6, 6.07) is 29.8. The molecule has 41 heavy (non-hydrogen) atoms. The molecule has 0 bridgehead atoms. The van der Waals surface area contributed by atoms with Crippen LogP contribution in [0.2, 0.25) is 0 Å². The van der Waals surface area contributed by atoms with Gasteiger partial charge in [0.2, 0.25) is 0 Å². The smallest absolute Gasteiger partial charge is 0.0400 e. The lowest BCUT2D eigenvalue weighted by atomic mass is 9.92. The summed E-state index contributed by atoms with van der Waals surface area (Å²) in [4.78, 5) is 0. The van der Waals surface area contributed by atoms with Gasteiger partial charge in [-0.1, -0.05) is 111 Å². The largest absolute Gasteiger partial charge is 0.385 e. The molecule has 0 heterocycles. The second-order valence-corrected chi connectivity index (χ2v) is 11.6. The number of allylic oxidation sites excluding steroid dienone is 1. The Morgan fingerprint density at radius 1 is 0.561 bits per heavy atom. The molecular weight excluding hydrogens is 500 g/mol. The lowest BCUT2D eigenvalue weighted by molar-refractivity contribution is 0.423. The van der Waals surface area contributed by atoms with Crippen LogP contribution in [0.4, 0.5) is 11.4 Å². The Bertz CT molecular complexity index is 1170. The van der Waals surface area contributed by atoms with Gasteiger partial charge in [-0.2, -0.15) is 0 Å². The van der Waals surface area contributed by atoms with E-state index in [1.165, 1.54) is 73.9 Å². The van der Waals surface area contributed by atoms with Crippen LogP contribution in [0.15, 0.2) is 109 Å². The van der Waals surface area contributed by atoms with Crippen molar-refractivity contribution in [3.05, 3.63) is 120 Å². The van der Waals surface area contributed by atoms with Gasteiger partial charge in [-0.05, 0) is 74.2 Å². The molecule has 0 saturated heterocycles. The van der Waals surface area contributed by atoms with Gasteiger partial charge in [-0.15, -0.1) is 0 Å². The fraction of sp³-hybridized carbons (Fsp3) is 0.405. The van der Waals surface area contributed by atoms with Crippen LogP contribution in [0.25, 0.3) is 0 Å². The summed E-state index contributed by atoms with van der Waals surface area (Å²) < 4.78 is 0. The summed E-state index contributed by atoms with van der Waals surface area (Å²) in [5.41, 5.74) is 6.29. The summed E-state index contributed by atoms with van der Waals surface area (Å²) in [5, 5.41) is 14.4. The van der Waals surface area contributed by atoms with Gasteiger partial charge in [0.15, 0.2) is 0 Å². The SMILES string of the molecule is CC1(NCCCCCCCCCCNc2ccc(NCc3ccccc3)cc2)C=CC(NCc2ccccc2)=CC1. The van der Waals surface area contributed by atoms with Crippen molar-refractivity contribution in [2.75, 3.05) is 23.7 Å². The van der Waals surface area contributed by atoms with Gasteiger partial charge >= 0.3 is 0 Å². The first kappa shape index (κ1) is 30.5. The average Bonchev–Trinajstić information content (AvgIpc) is 3.02. The number of nitrogens with one attached hydrogen (secondary N) is 4. The second kappa shape index (κ2) is 17.3. The Balaban J connectivity index is 0.942. The summed E-state index contributed by atoms with van der Waals surface area (Å²) in [5.74, 6) is 0. The average molecular weight is 551 g/mol. The first-order valence-electron chi connectivity index (χ1n) is 15.7. The molecule has 218 valence electrons. The molecule has 3 aromatic rings. The van der Waals surface area contributed by atoms with Crippen LogP contribution >= 0.6 is 0 Å². The number of benzene rings is 3. The van der Waals surface area contributed by atoms with Crippen LogP contribution in [0.5, 0.6) is 0 Å². The quantitative estimate of drug-likeness (QED) is 0.113. The summed E-state index contributed by atoms with van der Waals surface area (Å²) in [6.07, 6.45) is 18.5. The van der Waals surface area contributed by atoms with Crippen molar-refractivity contribution in [3.8, 4) is 0 Å². The number of rotatable bonds is 19. The van der Waals surface area contributed by atoms with Crippen LogP contribution in [0.1, 0.15) is 75.8 Å². The second-order valence-electron chi connectivity index (χ2n) is 11.6. The highest BCUT2D eigenvalue weighted by molar-refractivity contribution is 5.53. The maximum atomic E-state index is 3.78. The highest BCUT2D eigenvalue weighted by Crippen LogP contribution is 2.20. The van der Waals surface area contributed by atoms with E-state index >= 15 is 0 Å². The van der Waals surface area contributed by atoms with Gasteiger partial charge in [0.25, 0.3) is 0 Å². The predicted molar refractivity (Wildman–Crippen MR) is 177 cm³/mol. The molecule has 3 aromatic carbocycles. The van der Waals surface area contributed by atoms with E-state index in [-0.39, 0.29) is 5.54 Å². The summed E-state index contributed by atoms with van der Waals surface area (Å²) >= 11 is 0. The van der Waals surface area contributed by atoms with Crippen molar-refractivity contribution < 1.29 is 0 Å². The van der Waals surface area contributed by atoms with Crippen LogP contribution < -0.4 is 21.3 Å². The lowest BCUT2D eigenvalue weighted by Gasteiger charge is -2.30. The minimum atomic E-state index is 0.0766. The summed E-state index contributed by atoms with van der Waals surface area (Å²) in [6.45, 7) is 6.18. The van der Waals surface area contributed by atoms with Crippen molar-refractivity contribution in [2.24, 2.45) is 0 Å². The predicted octanol–water partition coefficient (Wildman–Crippen LogP) is 8.81. The highest BCUT2D eigenvalue weighted by Gasteiger charge is 2.21. The zero-order chi connectivity index (χ0) is 28.4. The topological polar surface area (TPSA) is 48.1 Å². The van der Waals surface area contributed by atoms with E-state index in [1.807, 2.05) is 0 Å². The van der Waals surface area contributed by atoms with Gasteiger partial charge in [0.1, 0.15) is 0 Å². The Morgan fingerprint density at radius 3 is 1.63 bits per heavy atom. The monoisotopic (exact) mass is 550 g/mol. The zero-order valence-corrected chi connectivity index (χ0v) is 25.0. The molecule has 4 rings (SSSR count). The number of hydrogen-bond acceptors (Lipinski definition) is 4. The normalized spacial score (nSPS) is 16.3. The maximum Gasteiger partial charge on any atom is 0.0400 e. The molecule has 4 heteroatoms. The minimum Gasteiger partial charge on any atom is -0.385 e. The van der Waals surface area contributed by atoms with Gasteiger partial charge in [-0.3, -0.25) is 0 Å². The number of anilines is 2. The highest BCUT2D eigenvalue weighted by atomic mass is 15.0. The third kappa shape index (κ3) is 11.9. The first-order valence-corrected chi connectivity index (χ1v) is 15.7. The van der Waals surface area contributed by atoms with E-state index in [9.17, 15) is 0 Å². The molecule has 1 atom stereocenters. The number of unbranched alkanes of at least 4 members (excludes halogenated alkanes) is 7. The standard InChI is InChI=1S/C37H50N4/c1-37(26-24-36(25-27-37)40-31-33-18-12-9-13-19-33)41-29-15-7-5-3-2-4-6-14-28-38-34-20-22-35(23-21-34)39-30-32-16-10-8-11-17-32/h8-13,16-26,38-41H,2-7,14-15,27-31H2,1H3. The van der Waals surface area contributed by atoms with Crippen molar-refractivity contribution >= 4 is 11.4 Å². The number of hydrogen-bond donors (Lipinski definition) is 4. The third-order valence-electron chi connectivity index (χ3n) is 7.90. The van der Waals surface area contributed by atoms with E-state index in [0.29, 0.717) is 0 Å². The zero-order valence-electron chi connectivity index (χ0n) is 25.0. The fourth-order valence-electron chi connectivity index (χ4n) is 5.22. The molecule has 0 aromatic heterocycles. The Kier molecular flexibility index (Phi) is 12.9. The fourth-order valence-corrected chi connectivity index (χ4v) is 5.22. The van der Waals surface area contributed by atoms with Gasteiger partial charge in [0.05, 0.1) is 0 Å². The molecule has 0 radical (unpaired) electrons. The summed E-state index contributed by atoms with van der Waals surface area (Å²) in [7, 11) is 0. The first-order chi connectivity index (χ1) is 20.2. The Hall–Kier alpha value is -3.50. The van der Waals surface area contributed by atoms with Gasteiger partial charge < -0.3 is 21.3 Å². The Labute approximate surface area is 248 Å². The molecule has 0 fully saturated rings. The lowest BCUT2D eigenvalue weighted by Crippen LogP contribution is -2.42. The van der Waals surface area contributed by atoms with E-state index in [1.54, 1.807) is 0 Å². The Morgan fingerprint density at radius 2 is 1.07 bits per heavy atom. The van der Waals surface area contributed by atoms with E-state index < -0.39 is 0 Å². The molecule has 0 amide bonds. The molecule has 0 aliphatic heterocycles. The molecule has 1 unspecified atom stereocenters. The minimum absolute atomic E-state index is 0.0766. The van der Waals surface area contributed by atoms with Crippen LogP contribution in [-0.4, -0.2) is 18.6 Å². The molecular formula is C37H50N4. The van der Waals surface area contributed by atoms with E-state index in [2.05, 4.69) is 131 Å². The van der Waals surface area contributed by atoms with Crippen LogP contribution in [-0.2, 0) is 13.1 Å². The third-order valence-corrected chi connectivity index (χ3v) is 7.90. The van der Waals surface area contributed by atoms with Gasteiger partial charge in [-0.25, -0.2) is 0 Å².